The van der Waals surface area contributed by atoms with Crippen LogP contribution in [0.1, 0.15) is 48.4 Å². The van der Waals surface area contributed by atoms with Crippen LogP contribution in [-0.4, -0.2) is 28.8 Å². The summed E-state index contributed by atoms with van der Waals surface area (Å²) < 4.78 is 18.2. The number of likely N-dealkylation sites (tertiary alicyclic amines) is 1. The summed E-state index contributed by atoms with van der Waals surface area (Å²) in [5, 5.41) is 0.183. The summed E-state index contributed by atoms with van der Waals surface area (Å²) in [5.74, 6) is 0.484. The highest BCUT2D eigenvalue weighted by atomic mass is 35.5. The second-order valence-electron chi connectivity index (χ2n) is 6.62. The van der Waals surface area contributed by atoms with Crippen LogP contribution in [0.3, 0.4) is 0 Å². The maximum Gasteiger partial charge on any atom is 0.263 e. The monoisotopic (exact) mass is 364 g/mol. The minimum absolute atomic E-state index is 0.0179. The van der Waals surface area contributed by atoms with E-state index in [1.165, 1.54) is 18.5 Å². The van der Waals surface area contributed by atoms with Crippen molar-refractivity contribution in [1.29, 1.82) is 0 Å². The Morgan fingerprint density at radius 3 is 2.84 bits per heavy atom. The minimum atomic E-state index is -0.372. The fourth-order valence-electron chi connectivity index (χ4n) is 3.35. The maximum atomic E-state index is 13.2. The molecule has 0 unspecified atom stereocenters. The first-order valence-electron chi connectivity index (χ1n) is 8.71. The van der Waals surface area contributed by atoms with E-state index in [0.717, 1.165) is 50.9 Å². The zero-order valence-corrected chi connectivity index (χ0v) is 14.8. The Kier molecular flexibility index (Phi) is 6.21. The number of carbonyl (C=O) groups excluding carboxylic acids is 1. The number of halogens is 2. The van der Waals surface area contributed by atoms with Crippen LogP contribution >= 0.6 is 11.6 Å². The highest BCUT2D eigenvalue weighted by molar-refractivity contribution is 6.30. The van der Waals surface area contributed by atoms with Gasteiger partial charge in [-0.1, -0.05) is 17.7 Å². The third-order valence-corrected chi connectivity index (χ3v) is 5.07. The number of hydrogen-bond donors (Lipinski definition) is 0. The summed E-state index contributed by atoms with van der Waals surface area (Å²) in [5.41, 5.74) is 1.04. The van der Waals surface area contributed by atoms with Crippen molar-refractivity contribution in [2.45, 2.75) is 38.6 Å². The molecule has 1 aromatic heterocycles. The number of nitrogens with zero attached hydrogens (tertiary/aromatic N) is 2. The lowest BCUT2D eigenvalue weighted by molar-refractivity contribution is 0.0940. The van der Waals surface area contributed by atoms with Gasteiger partial charge in [-0.05, 0) is 62.4 Å². The summed E-state index contributed by atoms with van der Waals surface area (Å²) in [6.45, 7) is 2.84. The Balaban J connectivity index is 1.37. The molecule has 25 heavy (non-hydrogen) atoms. The van der Waals surface area contributed by atoms with Gasteiger partial charge in [-0.2, -0.15) is 0 Å². The smallest absolute Gasteiger partial charge is 0.263 e. The topological polar surface area (TPSA) is 46.3 Å². The number of oxazole rings is 1. The van der Waals surface area contributed by atoms with E-state index in [1.54, 1.807) is 12.1 Å². The largest absolute Gasteiger partial charge is 0.442 e. The van der Waals surface area contributed by atoms with Gasteiger partial charge in [0.25, 0.3) is 5.89 Å². The lowest BCUT2D eigenvalue weighted by Crippen LogP contribution is -2.33. The standard InChI is InChI=1S/C19H22ClFN2O2/c20-16-12-15(4-5-17(16)21)13-23-9-6-14(7-10-23)2-1-3-18(24)19-22-8-11-25-19/h4-5,8,11-12,14H,1-3,6-7,9-10,13H2. The summed E-state index contributed by atoms with van der Waals surface area (Å²) in [6, 6.07) is 4.92. The van der Waals surface area contributed by atoms with Crippen molar-refractivity contribution < 1.29 is 13.6 Å². The second kappa shape index (κ2) is 8.59. The van der Waals surface area contributed by atoms with Crippen LogP contribution in [-0.2, 0) is 6.54 Å². The SMILES string of the molecule is O=C(CCCC1CCN(Cc2ccc(F)c(Cl)c2)CC1)c1ncco1. The molecule has 0 bridgehead atoms. The zero-order chi connectivity index (χ0) is 17.6. The predicted octanol–water partition coefficient (Wildman–Crippen LogP) is 4.73. The van der Waals surface area contributed by atoms with Crippen LogP contribution in [0.4, 0.5) is 4.39 Å². The van der Waals surface area contributed by atoms with E-state index in [0.29, 0.717) is 12.3 Å². The number of Topliss-reactive ketones (excluding diaryl/α,β-unsaturated/α-hetero) is 1. The molecule has 2 heterocycles. The molecule has 0 spiro atoms. The fraction of sp³-hybridized carbons (Fsp3) is 0.474. The van der Waals surface area contributed by atoms with Crippen molar-refractivity contribution in [2.75, 3.05) is 13.1 Å². The van der Waals surface area contributed by atoms with Gasteiger partial charge >= 0.3 is 0 Å². The lowest BCUT2D eigenvalue weighted by Gasteiger charge is -2.32. The first kappa shape index (κ1) is 18.1. The first-order chi connectivity index (χ1) is 12.1. The molecule has 1 aromatic carbocycles. The molecular formula is C19H22ClFN2O2. The molecular weight excluding hydrogens is 343 g/mol. The Bertz CT molecular complexity index is 697. The Hall–Kier alpha value is -1.72. The number of ketones is 1. The number of piperidine rings is 1. The highest BCUT2D eigenvalue weighted by Gasteiger charge is 2.20. The number of benzene rings is 1. The van der Waals surface area contributed by atoms with Crippen molar-refractivity contribution in [2.24, 2.45) is 5.92 Å². The van der Waals surface area contributed by atoms with E-state index < -0.39 is 0 Å². The van der Waals surface area contributed by atoms with Crippen molar-refractivity contribution in [3.05, 3.63) is 53.0 Å². The summed E-state index contributed by atoms with van der Waals surface area (Å²) in [7, 11) is 0. The van der Waals surface area contributed by atoms with E-state index in [4.69, 9.17) is 16.0 Å². The predicted molar refractivity (Wildman–Crippen MR) is 94.1 cm³/mol. The van der Waals surface area contributed by atoms with Gasteiger partial charge in [0, 0.05) is 13.0 Å². The third-order valence-electron chi connectivity index (χ3n) is 4.78. The van der Waals surface area contributed by atoms with E-state index in [1.807, 2.05) is 0 Å². The molecule has 1 aliphatic rings. The fourth-order valence-corrected chi connectivity index (χ4v) is 3.55. The van der Waals surface area contributed by atoms with Gasteiger partial charge in [0.2, 0.25) is 5.78 Å². The normalized spacial score (nSPS) is 16.2. The van der Waals surface area contributed by atoms with Crippen molar-refractivity contribution in [3.63, 3.8) is 0 Å². The molecule has 4 nitrogen and oxygen atoms in total. The van der Waals surface area contributed by atoms with Crippen LogP contribution in [0.5, 0.6) is 0 Å². The second-order valence-corrected chi connectivity index (χ2v) is 7.03. The van der Waals surface area contributed by atoms with E-state index >= 15 is 0 Å². The van der Waals surface area contributed by atoms with Gasteiger partial charge in [0.05, 0.1) is 11.2 Å². The molecule has 2 aromatic rings. The van der Waals surface area contributed by atoms with Crippen LogP contribution in [0.25, 0.3) is 0 Å². The molecule has 0 N–H and O–H groups in total. The van der Waals surface area contributed by atoms with Crippen LogP contribution in [0.2, 0.25) is 5.02 Å². The summed E-state index contributed by atoms with van der Waals surface area (Å²) in [6.07, 6.45) is 7.61. The average molecular weight is 365 g/mol. The minimum Gasteiger partial charge on any atom is -0.442 e. The van der Waals surface area contributed by atoms with Gasteiger partial charge in [0.15, 0.2) is 0 Å². The zero-order valence-electron chi connectivity index (χ0n) is 14.1. The van der Waals surface area contributed by atoms with Crippen molar-refractivity contribution >= 4 is 17.4 Å². The highest BCUT2D eigenvalue weighted by Crippen LogP contribution is 2.25. The van der Waals surface area contributed by atoms with Gasteiger partial charge in [0.1, 0.15) is 12.1 Å². The molecule has 1 aliphatic heterocycles. The molecule has 3 rings (SSSR count). The number of hydrogen-bond acceptors (Lipinski definition) is 4. The summed E-state index contributed by atoms with van der Waals surface area (Å²) in [4.78, 5) is 18.1. The molecule has 0 saturated carbocycles. The Labute approximate surface area is 152 Å². The molecule has 0 amide bonds. The van der Waals surface area contributed by atoms with Crippen LogP contribution in [0, 0.1) is 11.7 Å². The molecule has 0 atom stereocenters. The number of rotatable bonds is 7. The quantitative estimate of drug-likeness (QED) is 0.666. The Morgan fingerprint density at radius 2 is 2.16 bits per heavy atom. The van der Waals surface area contributed by atoms with E-state index in [2.05, 4.69) is 9.88 Å². The summed E-state index contributed by atoms with van der Waals surface area (Å²) >= 11 is 5.84. The van der Waals surface area contributed by atoms with Gasteiger partial charge in [-0.3, -0.25) is 9.69 Å². The molecule has 0 aliphatic carbocycles. The molecule has 6 heteroatoms. The molecule has 1 saturated heterocycles. The maximum absolute atomic E-state index is 13.2. The average Bonchev–Trinajstić information content (AvgIpc) is 3.14. The number of aromatic nitrogens is 1. The van der Waals surface area contributed by atoms with E-state index in [9.17, 15) is 9.18 Å². The van der Waals surface area contributed by atoms with Gasteiger partial charge in [-0.15, -0.1) is 0 Å². The van der Waals surface area contributed by atoms with Crippen molar-refractivity contribution in [1.82, 2.24) is 9.88 Å². The lowest BCUT2D eigenvalue weighted by atomic mass is 9.91. The molecule has 134 valence electrons. The first-order valence-corrected chi connectivity index (χ1v) is 9.08. The third kappa shape index (κ3) is 5.13. The van der Waals surface area contributed by atoms with Gasteiger partial charge in [-0.25, -0.2) is 9.37 Å². The Morgan fingerprint density at radius 1 is 1.36 bits per heavy atom. The molecule has 1 fully saturated rings. The van der Waals surface area contributed by atoms with Crippen molar-refractivity contribution in [3.8, 4) is 0 Å². The molecule has 0 radical (unpaired) electrons. The number of carbonyl (C=O) groups is 1. The van der Waals surface area contributed by atoms with Crippen LogP contribution in [0.15, 0.2) is 35.1 Å². The van der Waals surface area contributed by atoms with E-state index in [-0.39, 0.29) is 22.5 Å². The van der Waals surface area contributed by atoms with Gasteiger partial charge < -0.3 is 4.42 Å². The van der Waals surface area contributed by atoms with Crippen LogP contribution < -0.4 is 0 Å².